The van der Waals surface area contributed by atoms with E-state index in [0.29, 0.717) is 5.56 Å². The molecule has 2 aliphatic rings. The normalized spacial score (nSPS) is 28.7. The number of hydrogen-bond donors (Lipinski definition) is 1. The highest BCUT2D eigenvalue weighted by Gasteiger charge is 2.92. The van der Waals surface area contributed by atoms with Gasteiger partial charge in [-0.3, -0.25) is 10.1 Å². The second-order valence-electron chi connectivity index (χ2n) is 7.01. The van der Waals surface area contributed by atoms with E-state index in [2.05, 4.69) is 17.1 Å². The number of nitrogens with zero attached hydrogens (tertiary/aromatic N) is 4. The molecule has 10 heteroatoms. The maximum atomic E-state index is 11.3. The summed E-state index contributed by atoms with van der Waals surface area (Å²) < 4.78 is -0.952. The molecule has 3 atom stereocenters. The maximum Gasteiger partial charge on any atom is 0.269 e. The Hall–Kier alpha value is -1.94. The van der Waals surface area contributed by atoms with E-state index in [1.54, 1.807) is 0 Å². The average Bonchev–Trinajstić information content (AvgIpc) is 3.28. The summed E-state index contributed by atoms with van der Waals surface area (Å²) in [5, 5.41) is 32.1. The predicted octanol–water partition coefficient (Wildman–Crippen LogP) is 4.68. The fourth-order valence-electron chi connectivity index (χ4n) is 4.17. The number of benzene rings is 1. The Morgan fingerprint density at radius 1 is 1.28 bits per heavy atom. The number of rotatable bonds is 8. The van der Waals surface area contributed by atoms with Crippen LogP contribution in [0.25, 0.3) is 0 Å². The van der Waals surface area contributed by atoms with E-state index in [9.17, 15) is 20.6 Å². The second-order valence-corrected chi connectivity index (χ2v) is 10.3. The van der Waals surface area contributed by atoms with Gasteiger partial charge in [0.2, 0.25) is 0 Å². The van der Waals surface area contributed by atoms with E-state index in [0.717, 1.165) is 24.3 Å². The van der Waals surface area contributed by atoms with Crippen LogP contribution in [0.5, 0.6) is 0 Å². The van der Waals surface area contributed by atoms with Crippen LogP contribution in [0.15, 0.2) is 23.2 Å². The molecule has 0 saturated heterocycles. The monoisotopic (exact) mass is 449 g/mol. The zero-order valence-corrected chi connectivity index (χ0v) is 18.4. The number of thioether (sulfide) groups is 2. The Bertz CT molecular complexity index is 964. The molecule has 3 rings (SSSR count). The zero-order valence-electron chi connectivity index (χ0n) is 16.0. The molecule has 0 aromatic heterocycles. The quantitative estimate of drug-likeness (QED) is 0.346. The summed E-state index contributed by atoms with van der Waals surface area (Å²) in [5.41, 5.74) is 3.97. The summed E-state index contributed by atoms with van der Waals surface area (Å²) in [6.07, 6.45) is 1.75. The summed E-state index contributed by atoms with van der Waals surface area (Å²) in [6, 6.07) is 8.74. The van der Waals surface area contributed by atoms with Gasteiger partial charge in [0.1, 0.15) is 16.7 Å². The molecule has 1 aliphatic carbocycles. The highest BCUT2D eigenvalue weighted by atomic mass is 35.5. The standard InChI is InChI=1S/C19H20ClN5O2S2/c1-3-7-28-19(29-8-4-2)18(11-22)15(17(18,10-21)16(23)24-19)13-9-12(25(26)27)5-6-14(13)20/h5-6,9,15H,3-4,7-8H2,1-2H3,(H2,23,24). The molecule has 0 spiro atoms. The van der Waals surface area contributed by atoms with Gasteiger partial charge < -0.3 is 5.73 Å². The molecule has 29 heavy (non-hydrogen) atoms. The van der Waals surface area contributed by atoms with Gasteiger partial charge in [-0.1, -0.05) is 25.4 Å². The Labute approximate surface area is 182 Å². The van der Waals surface area contributed by atoms with Crippen LogP contribution in [-0.2, 0) is 0 Å². The van der Waals surface area contributed by atoms with Crippen molar-refractivity contribution in [1.29, 1.82) is 10.5 Å². The van der Waals surface area contributed by atoms with Crippen molar-refractivity contribution in [3.63, 3.8) is 0 Å². The topological polar surface area (TPSA) is 129 Å². The van der Waals surface area contributed by atoms with Gasteiger partial charge >= 0.3 is 0 Å². The molecule has 2 N–H and O–H groups in total. The van der Waals surface area contributed by atoms with Crippen molar-refractivity contribution in [2.24, 2.45) is 21.6 Å². The summed E-state index contributed by atoms with van der Waals surface area (Å²) in [6.45, 7) is 4.07. The van der Waals surface area contributed by atoms with Gasteiger partial charge in [-0.2, -0.15) is 10.5 Å². The minimum absolute atomic E-state index is 0.112. The fourth-order valence-corrected chi connectivity index (χ4v) is 7.62. The molecule has 1 aromatic carbocycles. The van der Waals surface area contributed by atoms with Crippen LogP contribution in [-0.4, -0.2) is 26.5 Å². The summed E-state index contributed by atoms with van der Waals surface area (Å²) in [7, 11) is 0. The molecule has 1 saturated carbocycles. The fraction of sp³-hybridized carbons (Fsp3) is 0.526. The Morgan fingerprint density at radius 3 is 2.38 bits per heavy atom. The first-order chi connectivity index (χ1) is 13.8. The number of amidine groups is 1. The molecule has 0 radical (unpaired) electrons. The number of fused-ring (bicyclic) bond motifs is 1. The van der Waals surface area contributed by atoms with E-state index in [4.69, 9.17) is 17.3 Å². The van der Waals surface area contributed by atoms with Gasteiger partial charge in [-0.05, 0) is 36.0 Å². The molecular weight excluding hydrogens is 430 g/mol. The molecule has 1 fully saturated rings. The van der Waals surface area contributed by atoms with Crippen LogP contribution in [0.1, 0.15) is 38.2 Å². The first-order valence-corrected chi connectivity index (χ1v) is 11.6. The molecule has 1 heterocycles. The molecule has 0 bridgehead atoms. The van der Waals surface area contributed by atoms with Crippen LogP contribution < -0.4 is 5.73 Å². The minimum atomic E-state index is -1.35. The van der Waals surface area contributed by atoms with Crippen molar-refractivity contribution in [3.05, 3.63) is 38.9 Å². The molecule has 7 nitrogen and oxygen atoms in total. The lowest BCUT2D eigenvalue weighted by molar-refractivity contribution is -0.384. The first-order valence-electron chi connectivity index (χ1n) is 9.21. The number of non-ortho nitro benzene ring substituents is 1. The Morgan fingerprint density at radius 2 is 1.90 bits per heavy atom. The summed E-state index contributed by atoms with van der Waals surface area (Å²) in [5.74, 6) is 0.923. The van der Waals surface area contributed by atoms with Gasteiger partial charge in [0, 0.05) is 23.1 Å². The average molecular weight is 450 g/mol. The number of hydrogen-bond acceptors (Lipinski definition) is 8. The SMILES string of the molecule is CCCSC1(SCCC)N=C(N)C2(C#N)C(c3cc([N+](=O)[O-])ccc3Cl)C12C#N. The lowest BCUT2D eigenvalue weighted by atomic mass is 9.97. The van der Waals surface area contributed by atoms with Crippen molar-refractivity contribution in [1.82, 2.24) is 0 Å². The van der Waals surface area contributed by atoms with Crippen LogP contribution >= 0.6 is 35.1 Å². The lowest BCUT2D eigenvalue weighted by Gasteiger charge is -2.32. The smallest absolute Gasteiger partial charge is 0.269 e. The molecule has 1 aromatic rings. The van der Waals surface area contributed by atoms with Crippen molar-refractivity contribution in [2.75, 3.05) is 11.5 Å². The highest BCUT2D eigenvalue weighted by Crippen LogP contribution is 2.85. The maximum absolute atomic E-state index is 11.3. The molecule has 3 unspecified atom stereocenters. The van der Waals surface area contributed by atoms with Gasteiger partial charge in [0.15, 0.2) is 4.20 Å². The van der Waals surface area contributed by atoms with Gasteiger partial charge in [-0.25, -0.2) is 4.99 Å². The molecule has 152 valence electrons. The van der Waals surface area contributed by atoms with Crippen LogP contribution in [0, 0.1) is 43.6 Å². The predicted molar refractivity (Wildman–Crippen MR) is 117 cm³/mol. The van der Waals surface area contributed by atoms with E-state index in [1.807, 2.05) is 13.8 Å². The number of nitro benzene ring substituents is 1. The van der Waals surface area contributed by atoms with Crippen molar-refractivity contribution in [2.45, 2.75) is 36.8 Å². The second kappa shape index (κ2) is 7.71. The van der Waals surface area contributed by atoms with Crippen molar-refractivity contribution >= 4 is 46.6 Å². The largest absolute Gasteiger partial charge is 0.386 e. The zero-order chi connectivity index (χ0) is 21.4. The third-order valence-electron chi connectivity index (χ3n) is 5.43. The Kier molecular flexibility index (Phi) is 5.79. The van der Waals surface area contributed by atoms with E-state index in [-0.39, 0.29) is 16.5 Å². The number of nitro groups is 1. The number of nitrogens with two attached hydrogens (primary N) is 1. The third kappa shape index (κ3) is 2.75. The first kappa shape index (κ1) is 21.8. The highest BCUT2D eigenvalue weighted by molar-refractivity contribution is 8.18. The third-order valence-corrected chi connectivity index (χ3v) is 9.32. The lowest BCUT2D eigenvalue weighted by Crippen LogP contribution is -2.32. The van der Waals surface area contributed by atoms with Crippen molar-refractivity contribution in [3.8, 4) is 12.1 Å². The van der Waals surface area contributed by atoms with Crippen molar-refractivity contribution < 1.29 is 4.92 Å². The van der Waals surface area contributed by atoms with Gasteiger partial charge in [0.25, 0.3) is 5.69 Å². The van der Waals surface area contributed by atoms with Crippen LogP contribution in [0.2, 0.25) is 5.02 Å². The molecule has 0 amide bonds. The number of aliphatic imine (C=N–C) groups is 1. The molecule has 1 aliphatic heterocycles. The minimum Gasteiger partial charge on any atom is -0.386 e. The Balaban J connectivity index is 2.23. The van der Waals surface area contributed by atoms with Crippen LogP contribution in [0.3, 0.4) is 0 Å². The molecular formula is C19H20ClN5O2S2. The van der Waals surface area contributed by atoms with Gasteiger partial charge in [0.05, 0.1) is 17.1 Å². The summed E-state index contributed by atoms with van der Waals surface area (Å²) in [4.78, 5) is 15.5. The number of nitriles is 2. The van der Waals surface area contributed by atoms with Gasteiger partial charge in [-0.15, -0.1) is 23.5 Å². The van der Waals surface area contributed by atoms with E-state index < -0.39 is 25.9 Å². The van der Waals surface area contributed by atoms with E-state index in [1.165, 1.54) is 41.7 Å². The summed E-state index contributed by atoms with van der Waals surface area (Å²) >= 11 is 9.44. The van der Waals surface area contributed by atoms with Crippen LogP contribution in [0.4, 0.5) is 5.69 Å². The van der Waals surface area contributed by atoms with E-state index >= 15 is 0 Å². The number of halogens is 1.